The van der Waals surface area contributed by atoms with E-state index < -0.39 is 0 Å². The second-order valence-corrected chi connectivity index (χ2v) is 10.8. The van der Waals surface area contributed by atoms with Crippen LogP contribution in [0.2, 0.25) is 0 Å². The first-order chi connectivity index (χ1) is 18.0. The van der Waals surface area contributed by atoms with E-state index in [1.165, 1.54) is 32.1 Å². The van der Waals surface area contributed by atoms with E-state index in [0.717, 1.165) is 59.2 Å². The number of hydrogen-bond acceptors (Lipinski definition) is 4. The van der Waals surface area contributed by atoms with Gasteiger partial charge in [0.15, 0.2) is 0 Å². The summed E-state index contributed by atoms with van der Waals surface area (Å²) in [5.41, 5.74) is 9.94. The second-order valence-electron chi connectivity index (χ2n) is 10.8. The molecule has 2 amide bonds. The number of likely N-dealkylation sites (tertiary alicyclic amines) is 1. The molecule has 1 saturated heterocycles. The van der Waals surface area contributed by atoms with Gasteiger partial charge in [-0.2, -0.15) is 0 Å². The van der Waals surface area contributed by atoms with Gasteiger partial charge in [-0.1, -0.05) is 67.8 Å². The molecule has 0 bridgehead atoms. The van der Waals surface area contributed by atoms with Crippen LogP contribution in [0.5, 0.6) is 0 Å². The molecule has 3 N–H and O–H groups in total. The van der Waals surface area contributed by atoms with Gasteiger partial charge in [0.25, 0.3) is 5.91 Å². The zero-order valence-electron chi connectivity index (χ0n) is 21.8. The molecule has 1 aromatic heterocycles. The van der Waals surface area contributed by atoms with Gasteiger partial charge in [-0.05, 0) is 57.7 Å². The molecule has 1 aliphatic heterocycles. The molecule has 1 aliphatic carbocycles. The fourth-order valence-electron chi connectivity index (χ4n) is 6.13. The maximum atomic E-state index is 14.1. The van der Waals surface area contributed by atoms with Gasteiger partial charge >= 0.3 is 0 Å². The number of carbonyl (C=O) groups is 2. The Labute approximate surface area is 219 Å². The maximum absolute atomic E-state index is 14.1. The van der Waals surface area contributed by atoms with Crippen LogP contribution in [0.15, 0.2) is 54.6 Å². The van der Waals surface area contributed by atoms with Gasteiger partial charge in [0.05, 0.1) is 16.8 Å². The molecule has 6 nitrogen and oxygen atoms in total. The molecule has 5 rings (SSSR count). The Hall–Kier alpha value is -3.25. The molecule has 2 aliphatic rings. The number of nitrogens with two attached hydrogens (primary N) is 1. The molecule has 37 heavy (non-hydrogen) atoms. The van der Waals surface area contributed by atoms with Crippen LogP contribution in [0.4, 0.5) is 0 Å². The number of nitrogens with zero attached hydrogens (tertiary/aromatic N) is 2. The normalized spacial score (nSPS) is 18.5. The number of fused-ring (bicyclic) bond motifs is 1. The van der Waals surface area contributed by atoms with Crippen molar-refractivity contribution in [2.75, 3.05) is 13.1 Å². The summed E-state index contributed by atoms with van der Waals surface area (Å²) in [5, 5.41) is 4.28. The Bertz CT molecular complexity index is 1240. The lowest BCUT2D eigenvalue weighted by atomic mass is 9.84. The molecule has 0 radical (unpaired) electrons. The maximum Gasteiger partial charge on any atom is 0.252 e. The summed E-state index contributed by atoms with van der Waals surface area (Å²) >= 11 is 0. The Morgan fingerprint density at radius 1 is 0.973 bits per heavy atom. The van der Waals surface area contributed by atoms with Gasteiger partial charge < -0.3 is 11.1 Å². The Morgan fingerprint density at radius 3 is 2.35 bits per heavy atom. The quantitative estimate of drug-likeness (QED) is 0.463. The minimum atomic E-state index is -0.214. The van der Waals surface area contributed by atoms with E-state index in [9.17, 15) is 9.59 Å². The lowest BCUT2D eigenvalue weighted by Gasteiger charge is -2.32. The van der Waals surface area contributed by atoms with Crippen molar-refractivity contribution in [2.45, 2.75) is 64.5 Å². The third kappa shape index (κ3) is 5.69. The summed E-state index contributed by atoms with van der Waals surface area (Å²) < 4.78 is 0. The van der Waals surface area contributed by atoms with E-state index in [-0.39, 0.29) is 23.8 Å². The van der Waals surface area contributed by atoms with Crippen LogP contribution in [0.25, 0.3) is 22.2 Å². The van der Waals surface area contributed by atoms with E-state index in [1.807, 2.05) is 42.5 Å². The summed E-state index contributed by atoms with van der Waals surface area (Å²) in [6, 6.07) is 18.2. The van der Waals surface area contributed by atoms with Crippen LogP contribution < -0.4 is 11.1 Å². The van der Waals surface area contributed by atoms with Crippen molar-refractivity contribution >= 4 is 22.7 Å². The SMILES string of the molecule is C[C@H](NC(=O)c1c(CN2CCC(C(N)=O)CC2)c(-c2ccccc2)nc2ccccc12)C1CCCCC1. The predicted octanol–water partition coefficient (Wildman–Crippen LogP) is 5.30. The number of nitrogens with one attached hydrogen (secondary N) is 1. The highest BCUT2D eigenvalue weighted by Gasteiger charge is 2.29. The number of primary amides is 1. The van der Waals surface area contributed by atoms with Crippen molar-refractivity contribution in [1.82, 2.24) is 15.2 Å². The van der Waals surface area contributed by atoms with Crippen molar-refractivity contribution in [3.05, 3.63) is 65.7 Å². The Balaban J connectivity index is 1.55. The van der Waals surface area contributed by atoms with Crippen LogP contribution in [0.1, 0.15) is 67.8 Å². The standard InChI is InChI=1S/C31H38N4O2/c1-21(22-10-4-2-5-11-22)33-31(37)28-25-14-8-9-15-27(25)34-29(23-12-6-3-7-13-23)26(28)20-35-18-16-24(17-19-35)30(32)36/h3,6-9,12-15,21-22,24H,2,4-5,10-11,16-20H2,1H3,(H2,32,36)(H,33,37)/t21-/m0/s1. The Kier molecular flexibility index (Phi) is 7.85. The molecule has 0 unspecified atom stereocenters. The van der Waals surface area contributed by atoms with Crippen LogP contribution in [0.3, 0.4) is 0 Å². The number of benzene rings is 2. The van der Waals surface area contributed by atoms with Crippen LogP contribution in [-0.4, -0.2) is 40.8 Å². The lowest BCUT2D eigenvalue weighted by molar-refractivity contribution is -0.123. The number of carbonyl (C=O) groups excluding carboxylic acids is 2. The molecule has 194 valence electrons. The van der Waals surface area contributed by atoms with E-state index in [2.05, 4.69) is 29.3 Å². The average molecular weight is 499 g/mol. The Morgan fingerprint density at radius 2 is 1.65 bits per heavy atom. The first kappa shape index (κ1) is 25.4. The van der Waals surface area contributed by atoms with E-state index in [1.54, 1.807) is 0 Å². The fourth-order valence-corrected chi connectivity index (χ4v) is 6.13. The minimum Gasteiger partial charge on any atom is -0.369 e. The molecule has 2 heterocycles. The summed E-state index contributed by atoms with van der Waals surface area (Å²) in [7, 11) is 0. The highest BCUT2D eigenvalue weighted by atomic mass is 16.2. The van der Waals surface area contributed by atoms with E-state index in [4.69, 9.17) is 10.7 Å². The average Bonchev–Trinajstić information content (AvgIpc) is 2.93. The number of hydrogen-bond donors (Lipinski definition) is 2. The number of para-hydroxylation sites is 1. The number of piperidine rings is 1. The number of pyridine rings is 1. The first-order valence-corrected chi connectivity index (χ1v) is 13.8. The van der Waals surface area contributed by atoms with Gasteiger partial charge in [0, 0.05) is 35.0 Å². The number of amides is 2. The molecular weight excluding hydrogens is 460 g/mol. The summed E-state index contributed by atoms with van der Waals surface area (Å²) in [4.78, 5) is 33.2. The van der Waals surface area contributed by atoms with Crippen LogP contribution >= 0.6 is 0 Å². The van der Waals surface area contributed by atoms with E-state index >= 15 is 0 Å². The van der Waals surface area contributed by atoms with Crippen LogP contribution in [0, 0.1) is 11.8 Å². The van der Waals surface area contributed by atoms with Crippen molar-refractivity contribution in [1.29, 1.82) is 0 Å². The monoisotopic (exact) mass is 498 g/mol. The number of aromatic nitrogens is 1. The second kappa shape index (κ2) is 11.4. The predicted molar refractivity (Wildman–Crippen MR) is 148 cm³/mol. The van der Waals surface area contributed by atoms with Crippen LogP contribution in [-0.2, 0) is 11.3 Å². The molecular formula is C31H38N4O2. The smallest absolute Gasteiger partial charge is 0.252 e. The molecule has 6 heteroatoms. The third-order valence-electron chi connectivity index (χ3n) is 8.35. The minimum absolute atomic E-state index is 0.0177. The highest BCUT2D eigenvalue weighted by molar-refractivity contribution is 6.09. The number of rotatable bonds is 7. The van der Waals surface area contributed by atoms with Gasteiger partial charge in [-0.25, -0.2) is 4.98 Å². The molecule has 0 spiro atoms. The fraction of sp³-hybridized carbons (Fsp3) is 0.452. The van der Waals surface area contributed by atoms with Crippen molar-refractivity contribution in [3.63, 3.8) is 0 Å². The van der Waals surface area contributed by atoms with Gasteiger partial charge in [-0.15, -0.1) is 0 Å². The summed E-state index contributed by atoms with van der Waals surface area (Å²) in [6.07, 6.45) is 7.63. The van der Waals surface area contributed by atoms with Crippen molar-refractivity contribution in [3.8, 4) is 11.3 Å². The lowest BCUT2D eigenvalue weighted by Crippen LogP contribution is -2.40. The molecule has 1 saturated carbocycles. The zero-order valence-corrected chi connectivity index (χ0v) is 21.8. The zero-order chi connectivity index (χ0) is 25.8. The van der Waals surface area contributed by atoms with E-state index in [0.29, 0.717) is 12.5 Å². The molecule has 2 fully saturated rings. The highest BCUT2D eigenvalue weighted by Crippen LogP contribution is 2.33. The molecule has 2 aromatic carbocycles. The van der Waals surface area contributed by atoms with Gasteiger partial charge in [0.2, 0.25) is 5.91 Å². The summed E-state index contributed by atoms with van der Waals surface area (Å²) in [5.74, 6) is 0.221. The topological polar surface area (TPSA) is 88.3 Å². The third-order valence-corrected chi connectivity index (χ3v) is 8.35. The summed E-state index contributed by atoms with van der Waals surface area (Å²) in [6.45, 7) is 4.31. The van der Waals surface area contributed by atoms with Gasteiger partial charge in [0.1, 0.15) is 0 Å². The largest absolute Gasteiger partial charge is 0.369 e. The van der Waals surface area contributed by atoms with Crippen molar-refractivity contribution in [2.24, 2.45) is 17.6 Å². The molecule has 1 atom stereocenters. The molecule has 3 aromatic rings. The first-order valence-electron chi connectivity index (χ1n) is 13.8. The van der Waals surface area contributed by atoms with Crippen molar-refractivity contribution < 1.29 is 9.59 Å². The van der Waals surface area contributed by atoms with Gasteiger partial charge in [-0.3, -0.25) is 14.5 Å².